The molecular weight excluding hydrogens is 414 g/mol. The summed E-state index contributed by atoms with van der Waals surface area (Å²) in [6.45, 7) is 1.52. The van der Waals surface area contributed by atoms with Crippen LogP contribution in [0.15, 0.2) is 91.0 Å². The van der Waals surface area contributed by atoms with E-state index in [1.807, 2.05) is 91.0 Å². The number of aliphatic hydroxyl groups excluding tert-OH is 3. The summed E-state index contributed by atoms with van der Waals surface area (Å²) in [7, 11) is 0. The molecule has 1 aliphatic carbocycles. The molecule has 0 spiro atoms. The Bertz CT molecular complexity index is 819. The molecule has 1 aliphatic rings. The molecule has 1 saturated carbocycles. The Labute approximate surface area is 195 Å². The quantitative estimate of drug-likeness (QED) is 0.298. The molecule has 0 bridgehead atoms. The third-order valence-corrected chi connectivity index (χ3v) is 6.36. The van der Waals surface area contributed by atoms with Gasteiger partial charge in [0, 0.05) is 19.6 Å². The van der Waals surface area contributed by atoms with Gasteiger partial charge in [0.15, 0.2) is 0 Å². The Kier molecular flexibility index (Phi) is 8.23. The monoisotopic (exact) mass is 447 g/mol. The van der Waals surface area contributed by atoms with Gasteiger partial charge in [0.2, 0.25) is 0 Å². The van der Waals surface area contributed by atoms with Crippen LogP contribution < -0.4 is 16.0 Å². The standard InChI is InChI=1S/C27H33N3O3/c31-25-22(28-16-19-10-4-1-5-11-19)26(32)24(30-18-21-14-8-3-9-15-21)27(33)23(25)29-17-20-12-6-2-7-13-20/h1-15,22-33H,16-18H2. The van der Waals surface area contributed by atoms with E-state index in [2.05, 4.69) is 16.0 Å². The minimum Gasteiger partial charge on any atom is -0.390 e. The van der Waals surface area contributed by atoms with Gasteiger partial charge in [-0.3, -0.25) is 0 Å². The summed E-state index contributed by atoms with van der Waals surface area (Å²) in [4.78, 5) is 0. The highest BCUT2D eigenvalue weighted by molar-refractivity contribution is 5.18. The molecule has 0 heterocycles. The van der Waals surface area contributed by atoms with Crippen molar-refractivity contribution in [2.75, 3.05) is 0 Å². The number of benzene rings is 3. The van der Waals surface area contributed by atoms with Crippen LogP contribution in [0.3, 0.4) is 0 Å². The number of nitrogens with one attached hydrogen (secondary N) is 3. The van der Waals surface area contributed by atoms with Gasteiger partial charge in [-0.2, -0.15) is 0 Å². The summed E-state index contributed by atoms with van der Waals surface area (Å²) in [5, 5.41) is 43.4. The molecule has 0 radical (unpaired) electrons. The SMILES string of the molecule is OC1C(NCc2ccccc2)C(O)C(NCc2ccccc2)C(O)C1NCc1ccccc1. The molecule has 0 atom stereocenters. The van der Waals surface area contributed by atoms with Crippen molar-refractivity contribution in [1.29, 1.82) is 0 Å². The van der Waals surface area contributed by atoms with Crippen molar-refractivity contribution >= 4 is 0 Å². The topological polar surface area (TPSA) is 96.8 Å². The van der Waals surface area contributed by atoms with E-state index in [-0.39, 0.29) is 0 Å². The van der Waals surface area contributed by atoms with Gasteiger partial charge in [0.1, 0.15) is 0 Å². The van der Waals surface area contributed by atoms with Crippen molar-refractivity contribution in [1.82, 2.24) is 16.0 Å². The predicted octanol–water partition coefficient (Wildman–Crippen LogP) is 1.56. The van der Waals surface area contributed by atoms with Crippen molar-refractivity contribution in [3.8, 4) is 0 Å². The van der Waals surface area contributed by atoms with Crippen LogP contribution in [-0.4, -0.2) is 51.8 Å². The molecule has 0 amide bonds. The van der Waals surface area contributed by atoms with E-state index in [1.54, 1.807) is 0 Å². The fraction of sp³-hybridized carbons (Fsp3) is 0.333. The van der Waals surface area contributed by atoms with E-state index in [1.165, 1.54) is 0 Å². The highest BCUT2D eigenvalue weighted by Gasteiger charge is 2.48. The van der Waals surface area contributed by atoms with E-state index in [0.29, 0.717) is 19.6 Å². The lowest BCUT2D eigenvalue weighted by Gasteiger charge is -2.47. The Morgan fingerprint density at radius 3 is 0.909 bits per heavy atom. The second kappa shape index (κ2) is 11.5. The van der Waals surface area contributed by atoms with Gasteiger partial charge >= 0.3 is 0 Å². The first kappa shape index (κ1) is 23.6. The minimum absolute atomic E-state index is 0.506. The summed E-state index contributed by atoms with van der Waals surface area (Å²) in [5.74, 6) is 0. The van der Waals surface area contributed by atoms with Crippen LogP contribution in [0.25, 0.3) is 0 Å². The third kappa shape index (κ3) is 6.06. The van der Waals surface area contributed by atoms with Crippen molar-refractivity contribution in [2.45, 2.75) is 56.1 Å². The second-order valence-corrected chi connectivity index (χ2v) is 8.65. The van der Waals surface area contributed by atoms with Crippen LogP contribution in [-0.2, 0) is 19.6 Å². The molecular formula is C27H33N3O3. The van der Waals surface area contributed by atoms with Crippen molar-refractivity contribution in [3.05, 3.63) is 108 Å². The molecule has 33 heavy (non-hydrogen) atoms. The number of aliphatic hydroxyl groups is 3. The van der Waals surface area contributed by atoms with Crippen molar-refractivity contribution in [3.63, 3.8) is 0 Å². The Balaban J connectivity index is 1.49. The summed E-state index contributed by atoms with van der Waals surface area (Å²) in [6.07, 6.45) is -2.92. The zero-order valence-electron chi connectivity index (χ0n) is 18.6. The predicted molar refractivity (Wildman–Crippen MR) is 129 cm³/mol. The molecule has 4 rings (SSSR count). The summed E-state index contributed by atoms with van der Waals surface area (Å²) in [6, 6.07) is 27.8. The largest absolute Gasteiger partial charge is 0.390 e. The van der Waals surface area contributed by atoms with Gasteiger partial charge in [-0.1, -0.05) is 91.0 Å². The van der Waals surface area contributed by atoms with Gasteiger partial charge in [-0.05, 0) is 16.7 Å². The molecule has 1 fully saturated rings. The first-order valence-electron chi connectivity index (χ1n) is 11.5. The molecule has 3 aromatic rings. The van der Waals surface area contributed by atoms with E-state index in [0.717, 1.165) is 16.7 Å². The van der Waals surface area contributed by atoms with Crippen molar-refractivity contribution < 1.29 is 15.3 Å². The molecule has 6 N–H and O–H groups in total. The zero-order valence-corrected chi connectivity index (χ0v) is 18.6. The molecule has 0 unspecified atom stereocenters. The molecule has 3 aromatic carbocycles. The van der Waals surface area contributed by atoms with Gasteiger partial charge in [0.25, 0.3) is 0 Å². The number of hydrogen-bond donors (Lipinski definition) is 6. The van der Waals surface area contributed by atoms with E-state index >= 15 is 0 Å². The summed E-state index contributed by atoms with van der Waals surface area (Å²) < 4.78 is 0. The average Bonchev–Trinajstić information content (AvgIpc) is 2.86. The van der Waals surface area contributed by atoms with Gasteiger partial charge < -0.3 is 31.3 Å². The van der Waals surface area contributed by atoms with Crippen LogP contribution in [0.5, 0.6) is 0 Å². The molecule has 6 nitrogen and oxygen atoms in total. The fourth-order valence-corrected chi connectivity index (χ4v) is 4.50. The van der Waals surface area contributed by atoms with Gasteiger partial charge in [-0.15, -0.1) is 0 Å². The smallest absolute Gasteiger partial charge is 0.0897 e. The van der Waals surface area contributed by atoms with Crippen molar-refractivity contribution in [2.24, 2.45) is 0 Å². The summed E-state index contributed by atoms with van der Waals surface area (Å²) >= 11 is 0. The van der Waals surface area contributed by atoms with Gasteiger partial charge in [0.05, 0.1) is 36.4 Å². The lowest BCUT2D eigenvalue weighted by molar-refractivity contribution is -0.0990. The average molecular weight is 448 g/mol. The first-order chi connectivity index (χ1) is 16.1. The fourth-order valence-electron chi connectivity index (χ4n) is 4.50. The Morgan fingerprint density at radius 2 is 0.667 bits per heavy atom. The maximum absolute atomic E-state index is 11.2. The maximum Gasteiger partial charge on any atom is 0.0897 e. The van der Waals surface area contributed by atoms with E-state index in [9.17, 15) is 15.3 Å². The molecule has 6 heteroatoms. The lowest BCUT2D eigenvalue weighted by Crippen LogP contribution is -2.73. The highest BCUT2D eigenvalue weighted by atomic mass is 16.3. The van der Waals surface area contributed by atoms with Crippen LogP contribution in [0.4, 0.5) is 0 Å². The highest BCUT2D eigenvalue weighted by Crippen LogP contribution is 2.23. The summed E-state index contributed by atoms with van der Waals surface area (Å²) in [5.41, 5.74) is 3.18. The normalized spacial score (nSPS) is 27.4. The van der Waals surface area contributed by atoms with Crippen LogP contribution in [0.2, 0.25) is 0 Å². The van der Waals surface area contributed by atoms with Crippen LogP contribution >= 0.6 is 0 Å². The molecule has 0 aliphatic heterocycles. The van der Waals surface area contributed by atoms with E-state index in [4.69, 9.17) is 0 Å². The molecule has 0 saturated heterocycles. The zero-order chi connectivity index (χ0) is 23.0. The first-order valence-corrected chi connectivity index (χ1v) is 11.5. The minimum atomic E-state index is -0.975. The van der Waals surface area contributed by atoms with Crippen LogP contribution in [0.1, 0.15) is 16.7 Å². The number of hydrogen-bond acceptors (Lipinski definition) is 6. The molecule has 174 valence electrons. The number of rotatable bonds is 9. The Morgan fingerprint density at radius 1 is 0.424 bits per heavy atom. The van der Waals surface area contributed by atoms with E-state index < -0.39 is 36.4 Å². The Hall–Kier alpha value is -2.58. The third-order valence-electron chi connectivity index (χ3n) is 6.36. The lowest BCUT2D eigenvalue weighted by atomic mass is 9.79. The van der Waals surface area contributed by atoms with Crippen LogP contribution in [0, 0.1) is 0 Å². The van der Waals surface area contributed by atoms with Gasteiger partial charge in [-0.25, -0.2) is 0 Å². The molecule has 0 aromatic heterocycles. The maximum atomic E-state index is 11.2. The second-order valence-electron chi connectivity index (χ2n) is 8.65.